The van der Waals surface area contributed by atoms with Crippen LogP contribution in [0.25, 0.3) is 10.9 Å². The molecule has 0 radical (unpaired) electrons. The number of benzene rings is 2. The largest absolute Gasteiger partial charge is 0.379 e. The zero-order valence-corrected chi connectivity index (χ0v) is 18.9. The van der Waals surface area contributed by atoms with E-state index in [1.165, 1.54) is 0 Å². The molecule has 0 bridgehead atoms. The fraction of sp³-hybridized carbons (Fsp3) is 0.385. The Hall–Kier alpha value is -3.16. The number of rotatable bonds is 6. The lowest BCUT2D eigenvalue weighted by molar-refractivity contribution is -0.124. The van der Waals surface area contributed by atoms with E-state index in [1.54, 1.807) is 11.9 Å². The van der Waals surface area contributed by atoms with Gasteiger partial charge in [-0.15, -0.1) is 0 Å². The number of amides is 2. The zero-order valence-electron chi connectivity index (χ0n) is 18.9. The molecule has 7 heteroatoms. The van der Waals surface area contributed by atoms with Gasteiger partial charge in [-0.05, 0) is 30.7 Å². The van der Waals surface area contributed by atoms with Crippen molar-refractivity contribution in [2.24, 2.45) is 0 Å². The molecule has 2 aromatic carbocycles. The SMILES string of the molecule is CN1C(=O)c2ccccc2C(C(=O)NCCCN2CCOCC2)C1c1c[nH]c2ccccc12. The Bertz CT molecular complexity index is 1150. The predicted octanol–water partition coefficient (Wildman–Crippen LogP) is 2.92. The van der Waals surface area contributed by atoms with Gasteiger partial charge in [0.2, 0.25) is 5.91 Å². The van der Waals surface area contributed by atoms with Gasteiger partial charge in [0.15, 0.2) is 0 Å². The highest BCUT2D eigenvalue weighted by Gasteiger charge is 2.43. The lowest BCUT2D eigenvalue weighted by atomic mass is 9.79. The third-order valence-corrected chi connectivity index (χ3v) is 6.86. The van der Waals surface area contributed by atoms with E-state index in [1.807, 2.05) is 54.7 Å². The second-order valence-corrected chi connectivity index (χ2v) is 8.81. The molecule has 1 fully saturated rings. The van der Waals surface area contributed by atoms with Crippen molar-refractivity contribution >= 4 is 22.7 Å². The first-order chi connectivity index (χ1) is 16.1. The Balaban J connectivity index is 1.41. The zero-order chi connectivity index (χ0) is 22.8. The summed E-state index contributed by atoms with van der Waals surface area (Å²) in [6.07, 6.45) is 2.82. The van der Waals surface area contributed by atoms with E-state index < -0.39 is 5.92 Å². The van der Waals surface area contributed by atoms with E-state index in [9.17, 15) is 9.59 Å². The van der Waals surface area contributed by atoms with Crippen LogP contribution < -0.4 is 5.32 Å². The molecule has 172 valence electrons. The summed E-state index contributed by atoms with van der Waals surface area (Å²) < 4.78 is 5.41. The summed E-state index contributed by atoms with van der Waals surface area (Å²) in [5, 5.41) is 4.20. The Labute approximate surface area is 193 Å². The summed E-state index contributed by atoms with van der Waals surface area (Å²) >= 11 is 0. The lowest BCUT2D eigenvalue weighted by Crippen LogP contribution is -2.46. The molecule has 33 heavy (non-hydrogen) atoms. The summed E-state index contributed by atoms with van der Waals surface area (Å²) in [6, 6.07) is 15.1. The van der Waals surface area contributed by atoms with Gasteiger partial charge < -0.3 is 19.9 Å². The van der Waals surface area contributed by atoms with Gasteiger partial charge in [0, 0.05) is 54.9 Å². The first-order valence-electron chi connectivity index (χ1n) is 11.6. The second kappa shape index (κ2) is 9.37. The lowest BCUT2D eigenvalue weighted by Gasteiger charge is -2.39. The number of hydrogen-bond acceptors (Lipinski definition) is 4. The quantitative estimate of drug-likeness (QED) is 0.571. The Kier molecular flexibility index (Phi) is 6.15. The van der Waals surface area contributed by atoms with E-state index in [2.05, 4.69) is 15.2 Å². The van der Waals surface area contributed by atoms with E-state index in [0.717, 1.165) is 61.3 Å². The van der Waals surface area contributed by atoms with E-state index in [-0.39, 0.29) is 17.9 Å². The van der Waals surface area contributed by atoms with Gasteiger partial charge in [-0.3, -0.25) is 14.5 Å². The van der Waals surface area contributed by atoms with Gasteiger partial charge in [0.05, 0.1) is 25.2 Å². The summed E-state index contributed by atoms with van der Waals surface area (Å²) in [6.45, 7) is 4.98. The fourth-order valence-corrected chi connectivity index (χ4v) is 5.13. The van der Waals surface area contributed by atoms with Gasteiger partial charge in [-0.2, -0.15) is 0 Å². The first-order valence-corrected chi connectivity index (χ1v) is 11.6. The number of aromatic amines is 1. The molecule has 2 amide bonds. The van der Waals surface area contributed by atoms with Crippen molar-refractivity contribution < 1.29 is 14.3 Å². The van der Waals surface area contributed by atoms with Gasteiger partial charge in [-0.25, -0.2) is 0 Å². The normalized spacial score (nSPS) is 21.2. The van der Waals surface area contributed by atoms with Crippen LogP contribution in [0.3, 0.4) is 0 Å². The highest BCUT2D eigenvalue weighted by molar-refractivity contribution is 6.02. The second-order valence-electron chi connectivity index (χ2n) is 8.81. The Morgan fingerprint density at radius 1 is 1.09 bits per heavy atom. The molecule has 5 rings (SSSR count). The number of hydrogen-bond donors (Lipinski definition) is 2. The van der Waals surface area contributed by atoms with Crippen LogP contribution in [-0.2, 0) is 9.53 Å². The number of morpholine rings is 1. The molecule has 2 atom stereocenters. The summed E-state index contributed by atoms with van der Waals surface area (Å²) in [4.78, 5) is 34.2. The minimum atomic E-state index is -0.480. The number of nitrogens with one attached hydrogen (secondary N) is 2. The minimum Gasteiger partial charge on any atom is -0.379 e. The molecule has 7 nitrogen and oxygen atoms in total. The molecule has 1 aromatic heterocycles. The van der Waals surface area contributed by atoms with Crippen LogP contribution in [0.4, 0.5) is 0 Å². The third kappa shape index (κ3) is 4.14. The smallest absolute Gasteiger partial charge is 0.254 e. The average Bonchev–Trinajstić information content (AvgIpc) is 3.28. The highest BCUT2D eigenvalue weighted by Crippen LogP contribution is 2.44. The fourth-order valence-electron chi connectivity index (χ4n) is 5.13. The van der Waals surface area contributed by atoms with Crippen molar-refractivity contribution in [1.82, 2.24) is 20.1 Å². The number of aromatic nitrogens is 1. The molecular weight excluding hydrogens is 416 g/mol. The van der Waals surface area contributed by atoms with E-state index in [0.29, 0.717) is 12.1 Å². The average molecular weight is 447 g/mol. The number of ether oxygens (including phenoxy) is 1. The number of fused-ring (bicyclic) bond motifs is 2. The molecule has 3 heterocycles. The van der Waals surface area contributed by atoms with Gasteiger partial charge in [0.1, 0.15) is 0 Å². The number of para-hydroxylation sites is 1. The van der Waals surface area contributed by atoms with Crippen molar-refractivity contribution in [3.05, 3.63) is 71.4 Å². The van der Waals surface area contributed by atoms with Crippen LogP contribution in [0.2, 0.25) is 0 Å². The number of H-pyrrole nitrogens is 1. The van der Waals surface area contributed by atoms with Crippen LogP contribution in [-0.4, -0.2) is 73.0 Å². The third-order valence-electron chi connectivity index (χ3n) is 6.86. The van der Waals surface area contributed by atoms with Gasteiger partial charge in [0.25, 0.3) is 5.91 Å². The van der Waals surface area contributed by atoms with Crippen molar-refractivity contribution in [2.45, 2.75) is 18.4 Å². The molecule has 0 saturated carbocycles. The van der Waals surface area contributed by atoms with Gasteiger partial charge in [-0.1, -0.05) is 36.4 Å². The predicted molar refractivity (Wildman–Crippen MR) is 127 cm³/mol. The first kappa shape index (κ1) is 21.7. The molecule has 0 spiro atoms. The van der Waals surface area contributed by atoms with Crippen LogP contribution in [0.5, 0.6) is 0 Å². The number of likely N-dealkylation sites (N-methyl/N-ethyl adjacent to an activating group) is 1. The van der Waals surface area contributed by atoms with Crippen molar-refractivity contribution in [3.63, 3.8) is 0 Å². The molecule has 2 aliphatic rings. The molecule has 2 aliphatic heterocycles. The number of nitrogens with zero attached hydrogens (tertiary/aromatic N) is 2. The highest BCUT2D eigenvalue weighted by atomic mass is 16.5. The van der Waals surface area contributed by atoms with Crippen molar-refractivity contribution in [2.75, 3.05) is 46.4 Å². The molecule has 2 unspecified atom stereocenters. The number of carbonyl (C=O) groups is 2. The molecule has 0 aliphatic carbocycles. The summed E-state index contributed by atoms with van der Waals surface area (Å²) in [7, 11) is 1.80. The van der Waals surface area contributed by atoms with E-state index in [4.69, 9.17) is 4.74 Å². The molecule has 1 saturated heterocycles. The van der Waals surface area contributed by atoms with Crippen LogP contribution in [0.15, 0.2) is 54.7 Å². The Morgan fingerprint density at radius 2 is 1.85 bits per heavy atom. The van der Waals surface area contributed by atoms with Crippen molar-refractivity contribution in [3.8, 4) is 0 Å². The summed E-state index contributed by atoms with van der Waals surface area (Å²) in [5.74, 6) is -0.581. The van der Waals surface area contributed by atoms with Crippen LogP contribution >= 0.6 is 0 Å². The van der Waals surface area contributed by atoms with E-state index >= 15 is 0 Å². The summed E-state index contributed by atoms with van der Waals surface area (Å²) in [5.41, 5.74) is 3.35. The van der Waals surface area contributed by atoms with Crippen LogP contribution in [0, 0.1) is 0 Å². The monoisotopic (exact) mass is 446 g/mol. The maximum absolute atomic E-state index is 13.6. The minimum absolute atomic E-state index is 0.0425. The van der Waals surface area contributed by atoms with Crippen molar-refractivity contribution in [1.29, 1.82) is 0 Å². The van der Waals surface area contributed by atoms with Gasteiger partial charge >= 0.3 is 0 Å². The maximum atomic E-state index is 13.6. The topological polar surface area (TPSA) is 77.7 Å². The molecule has 3 aromatic rings. The molecular formula is C26H30N4O3. The van der Waals surface area contributed by atoms with Crippen LogP contribution in [0.1, 0.15) is 39.9 Å². The number of carbonyl (C=O) groups excluding carboxylic acids is 2. The molecule has 2 N–H and O–H groups in total. The standard InChI is InChI=1S/C26H30N4O3/c1-29-24(21-17-28-22-10-5-4-7-18(21)22)23(19-8-2-3-9-20(19)26(29)32)25(31)27-11-6-12-30-13-15-33-16-14-30/h2-5,7-10,17,23-24,28H,6,11-16H2,1H3,(H,27,31). The maximum Gasteiger partial charge on any atom is 0.254 e. The Morgan fingerprint density at radius 3 is 2.70 bits per heavy atom.